The highest BCUT2D eigenvalue weighted by Crippen LogP contribution is 2.31. The fourth-order valence-electron chi connectivity index (χ4n) is 3.56. The Hall–Kier alpha value is -3.02. The van der Waals surface area contributed by atoms with Gasteiger partial charge in [-0.05, 0) is 43.0 Å². The van der Waals surface area contributed by atoms with E-state index in [1.54, 1.807) is 18.2 Å². The first-order valence-corrected chi connectivity index (χ1v) is 8.87. The van der Waals surface area contributed by atoms with Crippen LogP contribution in [0.25, 0.3) is 0 Å². The monoisotopic (exact) mass is 351 g/mol. The van der Waals surface area contributed by atoms with Gasteiger partial charge in [0.25, 0.3) is 5.91 Å². The van der Waals surface area contributed by atoms with Crippen molar-refractivity contribution in [3.63, 3.8) is 0 Å². The van der Waals surface area contributed by atoms with Crippen LogP contribution in [0.5, 0.6) is 5.75 Å². The molecule has 0 aliphatic carbocycles. The fraction of sp³-hybridized carbons (Fsp3) is 0.300. The van der Waals surface area contributed by atoms with E-state index in [1.165, 1.54) is 5.56 Å². The minimum Gasteiger partial charge on any atom is -0.482 e. The van der Waals surface area contributed by atoms with Crippen molar-refractivity contribution in [2.24, 2.45) is 0 Å². The molecule has 6 heteroatoms. The van der Waals surface area contributed by atoms with Crippen LogP contribution in [0.2, 0.25) is 0 Å². The zero-order chi connectivity index (χ0) is 17.9. The topological polar surface area (TPSA) is 70.7 Å². The summed E-state index contributed by atoms with van der Waals surface area (Å²) in [5.74, 6) is 0.425. The van der Waals surface area contributed by atoms with E-state index in [-0.39, 0.29) is 24.6 Å². The number of fused-ring (bicyclic) bond motifs is 1. The summed E-state index contributed by atoms with van der Waals surface area (Å²) in [5, 5.41) is 5.70. The van der Waals surface area contributed by atoms with Gasteiger partial charge < -0.3 is 20.3 Å². The van der Waals surface area contributed by atoms with Crippen molar-refractivity contribution < 1.29 is 14.3 Å². The maximum atomic E-state index is 12.7. The number of carbonyl (C=O) groups is 2. The first-order chi connectivity index (χ1) is 12.7. The largest absolute Gasteiger partial charge is 0.482 e. The molecule has 2 aromatic carbocycles. The summed E-state index contributed by atoms with van der Waals surface area (Å²) in [6, 6.07) is 15.6. The third-order valence-corrected chi connectivity index (χ3v) is 4.82. The van der Waals surface area contributed by atoms with Crippen LogP contribution >= 0.6 is 0 Å². The molecule has 2 N–H and O–H groups in total. The second-order valence-corrected chi connectivity index (χ2v) is 6.66. The molecule has 26 heavy (non-hydrogen) atoms. The van der Waals surface area contributed by atoms with Crippen molar-refractivity contribution in [3.8, 4) is 5.75 Å². The number of nitrogens with zero attached hydrogens (tertiary/aromatic N) is 1. The smallest absolute Gasteiger partial charge is 0.322 e. The van der Waals surface area contributed by atoms with E-state index < -0.39 is 0 Å². The van der Waals surface area contributed by atoms with Crippen LogP contribution in [0.1, 0.15) is 18.4 Å². The number of anilines is 2. The lowest BCUT2D eigenvalue weighted by Gasteiger charge is -2.25. The third kappa shape index (κ3) is 3.49. The van der Waals surface area contributed by atoms with Gasteiger partial charge in [-0.15, -0.1) is 0 Å². The molecule has 2 heterocycles. The van der Waals surface area contributed by atoms with Crippen LogP contribution in [0, 0.1) is 0 Å². The van der Waals surface area contributed by atoms with Gasteiger partial charge in [0.1, 0.15) is 5.75 Å². The number of hydrogen-bond acceptors (Lipinski definition) is 3. The molecule has 0 aromatic heterocycles. The Morgan fingerprint density at radius 2 is 2.08 bits per heavy atom. The predicted molar refractivity (Wildman–Crippen MR) is 99.5 cm³/mol. The molecule has 1 fully saturated rings. The third-order valence-electron chi connectivity index (χ3n) is 4.82. The van der Waals surface area contributed by atoms with Crippen LogP contribution in [-0.4, -0.2) is 36.0 Å². The Bertz CT molecular complexity index is 822. The highest BCUT2D eigenvalue weighted by atomic mass is 16.5. The number of rotatable bonds is 3. The predicted octanol–water partition coefficient (Wildman–Crippen LogP) is 3.26. The highest BCUT2D eigenvalue weighted by Gasteiger charge is 2.29. The lowest BCUT2D eigenvalue weighted by Crippen LogP contribution is -2.39. The van der Waals surface area contributed by atoms with E-state index in [0.29, 0.717) is 17.1 Å². The van der Waals surface area contributed by atoms with Gasteiger partial charge >= 0.3 is 6.03 Å². The molecule has 4 rings (SSSR count). The molecule has 0 bridgehead atoms. The van der Waals surface area contributed by atoms with Crippen molar-refractivity contribution >= 4 is 23.3 Å². The van der Waals surface area contributed by atoms with Gasteiger partial charge in [0.05, 0.1) is 5.69 Å². The molecule has 134 valence electrons. The van der Waals surface area contributed by atoms with E-state index in [2.05, 4.69) is 22.8 Å². The van der Waals surface area contributed by atoms with Crippen LogP contribution in [0.3, 0.4) is 0 Å². The molecular weight excluding hydrogens is 330 g/mol. The minimum absolute atomic E-state index is 0.0215. The second-order valence-electron chi connectivity index (χ2n) is 6.66. The van der Waals surface area contributed by atoms with Gasteiger partial charge in [-0.2, -0.15) is 0 Å². The number of hydrogen-bond donors (Lipinski definition) is 2. The summed E-state index contributed by atoms with van der Waals surface area (Å²) in [6.45, 7) is 0.780. The Labute approximate surface area is 152 Å². The Balaban J connectivity index is 1.44. The maximum Gasteiger partial charge on any atom is 0.322 e. The van der Waals surface area contributed by atoms with Crippen LogP contribution < -0.4 is 15.4 Å². The van der Waals surface area contributed by atoms with E-state index >= 15 is 0 Å². The van der Waals surface area contributed by atoms with Gasteiger partial charge in [-0.25, -0.2) is 4.79 Å². The van der Waals surface area contributed by atoms with Crippen molar-refractivity contribution in [1.82, 2.24) is 4.90 Å². The average molecular weight is 351 g/mol. The van der Waals surface area contributed by atoms with Crippen LogP contribution in [0.15, 0.2) is 48.5 Å². The summed E-state index contributed by atoms with van der Waals surface area (Å²) in [5.41, 5.74) is 2.47. The molecule has 1 saturated heterocycles. The number of ether oxygens (including phenoxy) is 1. The van der Waals surface area contributed by atoms with Gasteiger partial charge in [0.15, 0.2) is 6.61 Å². The average Bonchev–Trinajstić information content (AvgIpc) is 3.10. The number of likely N-dealkylation sites (tertiary alicyclic amines) is 1. The number of urea groups is 1. The van der Waals surface area contributed by atoms with Crippen molar-refractivity contribution in [1.29, 1.82) is 0 Å². The second kappa shape index (κ2) is 7.07. The molecule has 0 spiro atoms. The van der Waals surface area contributed by atoms with Crippen LogP contribution in [0.4, 0.5) is 16.2 Å². The summed E-state index contributed by atoms with van der Waals surface area (Å²) in [6.07, 6.45) is 2.89. The molecular formula is C20H21N3O3. The van der Waals surface area contributed by atoms with Crippen LogP contribution in [-0.2, 0) is 11.2 Å². The Kier molecular flexibility index (Phi) is 4.48. The maximum absolute atomic E-state index is 12.7. The van der Waals surface area contributed by atoms with Crippen molar-refractivity contribution in [2.45, 2.75) is 25.3 Å². The van der Waals surface area contributed by atoms with Gasteiger partial charge in [0.2, 0.25) is 0 Å². The van der Waals surface area contributed by atoms with E-state index in [1.807, 2.05) is 23.1 Å². The summed E-state index contributed by atoms with van der Waals surface area (Å²) in [7, 11) is 0. The summed E-state index contributed by atoms with van der Waals surface area (Å²) >= 11 is 0. The lowest BCUT2D eigenvalue weighted by molar-refractivity contribution is -0.118. The molecule has 3 amide bonds. The van der Waals surface area contributed by atoms with Gasteiger partial charge in [0, 0.05) is 18.3 Å². The van der Waals surface area contributed by atoms with E-state index in [0.717, 1.165) is 25.8 Å². The quantitative estimate of drug-likeness (QED) is 0.892. The summed E-state index contributed by atoms with van der Waals surface area (Å²) < 4.78 is 5.34. The zero-order valence-electron chi connectivity index (χ0n) is 14.4. The number of benzene rings is 2. The van der Waals surface area contributed by atoms with Gasteiger partial charge in [-0.1, -0.05) is 30.3 Å². The van der Waals surface area contributed by atoms with E-state index in [4.69, 9.17) is 4.74 Å². The first kappa shape index (κ1) is 16.4. The van der Waals surface area contributed by atoms with Crippen molar-refractivity contribution in [3.05, 3.63) is 54.1 Å². The normalized spacial score (nSPS) is 18.7. The number of carbonyl (C=O) groups excluding carboxylic acids is 2. The molecule has 1 atom stereocenters. The van der Waals surface area contributed by atoms with E-state index in [9.17, 15) is 9.59 Å². The number of amides is 3. The molecule has 0 radical (unpaired) electrons. The Morgan fingerprint density at radius 1 is 1.23 bits per heavy atom. The van der Waals surface area contributed by atoms with Gasteiger partial charge in [-0.3, -0.25) is 4.79 Å². The number of nitrogens with one attached hydrogen (secondary N) is 2. The minimum atomic E-state index is -0.191. The fourth-order valence-corrected chi connectivity index (χ4v) is 3.56. The molecule has 0 unspecified atom stereocenters. The molecule has 0 saturated carbocycles. The SMILES string of the molecule is O=C1COc2ccc(NC(=O)N3CCC[C@@H]3Cc3ccccc3)cc2N1. The summed E-state index contributed by atoms with van der Waals surface area (Å²) in [4.78, 5) is 26.1. The first-order valence-electron chi connectivity index (χ1n) is 8.87. The highest BCUT2D eigenvalue weighted by molar-refractivity contribution is 5.97. The zero-order valence-corrected chi connectivity index (χ0v) is 14.4. The molecule has 2 aliphatic rings. The molecule has 2 aliphatic heterocycles. The molecule has 6 nitrogen and oxygen atoms in total. The van der Waals surface area contributed by atoms with Crippen molar-refractivity contribution in [2.75, 3.05) is 23.8 Å². The molecule has 2 aromatic rings. The lowest BCUT2D eigenvalue weighted by atomic mass is 10.0. The standard InChI is InChI=1S/C20H21N3O3/c24-19-13-26-18-9-8-15(12-17(18)22-19)21-20(25)23-10-4-7-16(23)11-14-5-2-1-3-6-14/h1-3,5-6,8-9,12,16H,4,7,10-11,13H2,(H,21,25)(H,22,24)/t16-/m1/s1. The Morgan fingerprint density at radius 3 is 2.92 bits per heavy atom.